The quantitative estimate of drug-likeness (QED) is 0.181. The molecule has 0 spiro atoms. The smallest absolute Gasteiger partial charge is 0.137 e. The summed E-state index contributed by atoms with van der Waals surface area (Å²) in [5, 5.41) is 3.34. The maximum atomic E-state index is 6.65. The molecule has 9 rings (SSSR count). The summed E-state index contributed by atoms with van der Waals surface area (Å²) in [4.78, 5) is 9.77. The summed E-state index contributed by atoms with van der Waals surface area (Å²) in [6.45, 7) is 13.6. The topological polar surface area (TPSA) is 58.0 Å². The number of rotatable bonds is 6. The lowest BCUT2D eigenvalue weighted by molar-refractivity contribution is 0.452. The molecule has 0 N–H and O–H groups in total. The Morgan fingerprint density at radius 1 is 0.694 bits per heavy atom. The number of nitrogens with zero attached hydrogens (tertiary/aromatic N) is 4. The summed E-state index contributed by atoms with van der Waals surface area (Å²) in [6, 6.07) is 33.5. The second-order valence-electron chi connectivity index (χ2n) is 14.3. The summed E-state index contributed by atoms with van der Waals surface area (Å²) < 4.78 is 17.8. The minimum Gasteiger partial charge on any atom is -0.459 e. The molecule has 4 aromatic heterocycles. The molecule has 0 unspecified atom stereocenters. The first kappa shape index (κ1) is 29.5. The van der Waals surface area contributed by atoms with Gasteiger partial charge < -0.3 is 13.7 Å². The molecule has 0 bridgehead atoms. The van der Waals surface area contributed by atoms with Crippen molar-refractivity contribution in [3.63, 3.8) is 0 Å². The molecule has 1 aliphatic carbocycles. The minimum absolute atomic E-state index is 0.372. The SMILES string of the molecule is CC(C)c1cccc(C(C)C)c1-n1cnc2c1C(C)(C)c1oc3ccc(Oc4ccc5c6ccccc6n(-c6ccccn6)c5c4)cc3c1-2. The zero-order chi connectivity index (χ0) is 33.6. The van der Waals surface area contributed by atoms with Crippen molar-refractivity contribution in [3.8, 4) is 34.3 Å². The Morgan fingerprint density at radius 3 is 2.16 bits per heavy atom. The largest absolute Gasteiger partial charge is 0.459 e. The van der Waals surface area contributed by atoms with Crippen LogP contribution in [0.4, 0.5) is 0 Å². The highest BCUT2D eigenvalue weighted by molar-refractivity contribution is 6.09. The van der Waals surface area contributed by atoms with Crippen LogP contribution < -0.4 is 4.74 Å². The molecule has 0 amide bonds. The molecule has 6 heteroatoms. The minimum atomic E-state index is -0.385. The first-order valence-electron chi connectivity index (χ1n) is 17.1. The maximum Gasteiger partial charge on any atom is 0.137 e. The van der Waals surface area contributed by atoms with E-state index in [4.69, 9.17) is 14.1 Å². The summed E-state index contributed by atoms with van der Waals surface area (Å²) in [5.41, 5.74) is 9.69. The third kappa shape index (κ3) is 4.33. The molecule has 1 aliphatic rings. The predicted octanol–water partition coefficient (Wildman–Crippen LogP) is 11.5. The van der Waals surface area contributed by atoms with Crippen molar-refractivity contribution < 1.29 is 9.15 Å². The van der Waals surface area contributed by atoms with Gasteiger partial charge in [-0.1, -0.05) is 70.2 Å². The average Bonchev–Trinajstić information content (AvgIpc) is 3.84. The van der Waals surface area contributed by atoms with Crippen molar-refractivity contribution in [1.29, 1.82) is 0 Å². The third-order valence-electron chi connectivity index (χ3n) is 10.2. The maximum absolute atomic E-state index is 6.65. The number of fused-ring (bicyclic) bond motifs is 8. The van der Waals surface area contributed by atoms with Crippen LogP contribution in [0.2, 0.25) is 0 Å². The van der Waals surface area contributed by atoms with Gasteiger partial charge in [0.1, 0.15) is 35.0 Å². The van der Waals surface area contributed by atoms with Crippen molar-refractivity contribution >= 4 is 32.8 Å². The first-order valence-corrected chi connectivity index (χ1v) is 17.1. The Balaban J connectivity index is 1.16. The molecule has 242 valence electrons. The van der Waals surface area contributed by atoms with Crippen molar-refractivity contribution in [1.82, 2.24) is 19.1 Å². The number of ether oxygens (including phenoxy) is 1. The number of hydrogen-bond acceptors (Lipinski definition) is 4. The number of para-hydroxylation sites is 2. The van der Waals surface area contributed by atoms with E-state index < -0.39 is 0 Å². The van der Waals surface area contributed by atoms with E-state index in [9.17, 15) is 0 Å². The molecular formula is C43H38N4O2. The highest BCUT2D eigenvalue weighted by atomic mass is 16.5. The number of furan rings is 1. The van der Waals surface area contributed by atoms with Crippen LogP contribution in [0.25, 0.3) is 55.5 Å². The van der Waals surface area contributed by atoms with E-state index in [0.717, 1.165) is 67.4 Å². The standard InChI is InChI=1S/C43H38N4O2/c1-25(2)29-13-11-14-30(26(3)4)40(29)46-24-45-39-38-33-22-27(18-20-36(33)49-42(38)43(5,6)41(39)46)48-28-17-19-32-31-12-7-8-15-34(31)47(35(32)23-28)37-16-9-10-21-44-37/h7-26H,1-6H3. The summed E-state index contributed by atoms with van der Waals surface area (Å²) in [7, 11) is 0. The van der Waals surface area contributed by atoms with E-state index in [1.807, 2.05) is 48.9 Å². The van der Waals surface area contributed by atoms with Gasteiger partial charge in [-0.3, -0.25) is 4.57 Å². The van der Waals surface area contributed by atoms with Crippen LogP contribution in [0.5, 0.6) is 11.5 Å². The Morgan fingerprint density at radius 2 is 1.41 bits per heavy atom. The predicted molar refractivity (Wildman–Crippen MR) is 198 cm³/mol. The molecule has 8 aromatic rings. The van der Waals surface area contributed by atoms with Crippen molar-refractivity contribution in [2.75, 3.05) is 0 Å². The normalized spacial score (nSPS) is 13.6. The molecule has 49 heavy (non-hydrogen) atoms. The van der Waals surface area contributed by atoms with E-state index in [2.05, 4.69) is 116 Å². The molecule has 6 nitrogen and oxygen atoms in total. The van der Waals surface area contributed by atoms with E-state index in [1.54, 1.807) is 0 Å². The monoisotopic (exact) mass is 642 g/mol. The fourth-order valence-electron chi connectivity index (χ4n) is 7.89. The van der Waals surface area contributed by atoms with Crippen LogP contribution in [0, 0.1) is 0 Å². The third-order valence-corrected chi connectivity index (χ3v) is 10.2. The second kappa shape index (κ2) is 10.7. The van der Waals surface area contributed by atoms with E-state index >= 15 is 0 Å². The molecule has 0 aliphatic heterocycles. The van der Waals surface area contributed by atoms with E-state index in [0.29, 0.717) is 11.8 Å². The fourth-order valence-corrected chi connectivity index (χ4v) is 7.89. The van der Waals surface area contributed by atoms with E-state index in [1.165, 1.54) is 22.2 Å². The van der Waals surface area contributed by atoms with Gasteiger partial charge in [0.05, 0.1) is 39.1 Å². The van der Waals surface area contributed by atoms with Crippen LogP contribution in [-0.2, 0) is 5.41 Å². The number of hydrogen-bond donors (Lipinski definition) is 0. The van der Waals surface area contributed by atoms with Gasteiger partial charge in [0.25, 0.3) is 0 Å². The van der Waals surface area contributed by atoms with Gasteiger partial charge >= 0.3 is 0 Å². The molecule has 0 atom stereocenters. The summed E-state index contributed by atoms with van der Waals surface area (Å²) in [5.74, 6) is 4.06. The van der Waals surface area contributed by atoms with Gasteiger partial charge in [-0.2, -0.15) is 0 Å². The molecular weight excluding hydrogens is 604 g/mol. The van der Waals surface area contributed by atoms with Crippen molar-refractivity contribution in [3.05, 3.63) is 132 Å². The second-order valence-corrected chi connectivity index (χ2v) is 14.3. The highest BCUT2D eigenvalue weighted by Crippen LogP contribution is 2.54. The van der Waals surface area contributed by atoms with Crippen molar-refractivity contribution in [2.24, 2.45) is 0 Å². The number of imidazole rings is 1. The van der Waals surface area contributed by atoms with Crippen LogP contribution >= 0.6 is 0 Å². The van der Waals surface area contributed by atoms with Crippen molar-refractivity contribution in [2.45, 2.75) is 58.8 Å². The Hall–Kier alpha value is -5.62. The van der Waals surface area contributed by atoms with Gasteiger partial charge in [0, 0.05) is 28.4 Å². The van der Waals surface area contributed by atoms with Gasteiger partial charge in [-0.05, 0) is 85.3 Å². The van der Waals surface area contributed by atoms with Gasteiger partial charge in [0.2, 0.25) is 0 Å². The number of pyridine rings is 1. The Kier molecular flexibility index (Phi) is 6.44. The molecule has 4 aromatic carbocycles. The van der Waals surface area contributed by atoms with Gasteiger partial charge in [0.15, 0.2) is 0 Å². The molecule has 0 fully saturated rings. The molecule has 0 saturated heterocycles. The van der Waals surface area contributed by atoms with Crippen LogP contribution in [0.15, 0.2) is 114 Å². The lowest BCUT2D eigenvalue weighted by Gasteiger charge is -2.26. The number of benzene rings is 4. The van der Waals surface area contributed by atoms with Crippen LogP contribution in [0.1, 0.15) is 76.0 Å². The zero-order valence-corrected chi connectivity index (χ0v) is 28.7. The lowest BCUT2D eigenvalue weighted by Crippen LogP contribution is -2.20. The fraction of sp³-hybridized carbons (Fsp3) is 0.209. The molecule has 0 radical (unpaired) electrons. The molecule has 4 heterocycles. The van der Waals surface area contributed by atoms with Crippen LogP contribution in [-0.4, -0.2) is 19.1 Å². The molecule has 0 saturated carbocycles. The average molecular weight is 643 g/mol. The Bertz CT molecular complexity index is 2540. The van der Waals surface area contributed by atoms with Gasteiger partial charge in [-0.15, -0.1) is 0 Å². The Labute approximate surface area is 285 Å². The summed E-state index contributed by atoms with van der Waals surface area (Å²) >= 11 is 0. The number of aromatic nitrogens is 4. The van der Waals surface area contributed by atoms with Crippen LogP contribution in [0.3, 0.4) is 0 Å². The zero-order valence-electron chi connectivity index (χ0n) is 28.7. The highest BCUT2D eigenvalue weighted by Gasteiger charge is 2.45. The van der Waals surface area contributed by atoms with E-state index in [-0.39, 0.29) is 5.41 Å². The lowest BCUT2D eigenvalue weighted by atomic mass is 9.88. The summed E-state index contributed by atoms with van der Waals surface area (Å²) in [6.07, 6.45) is 3.84. The first-order chi connectivity index (χ1) is 23.7. The van der Waals surface area contributed by atoms with Gasteiger partial charge in [-0.25, -0.2) is 9.97 Å².